The number of hydrogen-bond acceptors (Lipinski definition) is 3. The number of aromatic nitrogens is 3. The van der Waals surface area contributed by atoms with Gasteiger partial charge in [-0.3, -0.25) is 4.68 Å². The summed E-state index contributed by atoms with van der Waals surface area (Å²) in [6.45, 7) is 1.54. The molecule has 0 spiro atoms. The van der Waals surface area contributed by atoms with E-state index in [4.69, 9.17) is 4.74 Å². The Hall–Kier alpha value is -1.84. The lowest BCUT2D eigenvalue weighted by molar-refractivity contribution is 0.298. The summed E-state index contributed by atoms with van der Waals surface area (Å²) in [6.07, 6.45) is 4.46. The highest BCUT2D eigenvalue weighted by atomic mass is 16.5. The highest BCUT2D eigenvalue weighted by Gasteiger charge is 1.93. The summed E-state index contributed by atoms with van der Waals surface area (Å²) in [4.78, 5) is 0. The normalized spacial score (nSPS) is 10.1. The van der Waals surface area contributed by atoms with Crippen LogP contribution in [-0.2, 0) is 6.54 Å². The Kier molecular flexibility index (Phi) is 3.33. The van der Waals surface area contributed by atoms with Gasteiger partial charge in [-0.25, -0.2) is 0 Å². The zero-order valence-electron chi connectivity index (χ0n) is 8.41. The first-order valence-electron chi connectivity index (χ1n) is 4.97. The van der Waals surface area contributed by atoms with Gasteiger partial charge in [0.2, 0.25) is 0 Å². The van der Waals surface area contributed by atoms with Crippen molar-refractivity contribution in [3.05, 3.63) is 42.7 Å². The van der Waals surface area contributed by atoms with Crippen LogP contribution in [0.4, 0.5) is 0 Å². The molecule has 0 aliphatic heterocycles. The molecule has 2 rings (SSSR count). The third-order valence-electron chi connectivity index (χ3n) is 2.02. The molecule has 4 nitrogen and oxygen atoms in total. The second-order valence-electron chi connectivity index (χ2n) is 3.18. The van der Waals surface area contributed by atoms with E-state index >= 15 is 0 Å². The molecule has 0 fully saturated rings. The fourth-order valence-electron chi connectivity index (χ4n) is 1.29. The molecule has 0 aliphatic carbocycles. The molecule has 0 atom stereocenters. The van der Waals surface area contributed by atoms with E-state index in [-0.39, 0.29) is 0 Å². The van der Waals surface area contributed by atoms with Gasteiger partial charge in [-0.1, -0.05) is 23.4 Å². The molecule has 2 aromatic rings. The lowest BCUT2D eigenvalue weighted by Crippen LogP contribution is -2.05. The van der Waals surface area contributed by atoms with E-state index in [1.54, 1.807) is 10.9 Å². The second-order valence-corrected chi connectivity index (χ2v) is 3.18. The molecule has 0 bridgehead atoms. The first-order chi connectivity index (χ1) is 7.45. The van der Waals surface area contributed by atoms with Crippen LogP contribution < -0.4 is 4.74 Å². The van der Waals surface area contributed by atoms with Crippen molar-refractivity contribution < 1.29 is 4.74 Å². The zero-order valence-corrected chi connectivity index (χ0v) is 8.41. The minimum Gasteiger partial charge on any atom is -0.494 e. The SMILES string of the molecule is c1ccc(OCCCn2ccnn2)cc1. The molecule has 4 heteroatoms. The summed E-state index contributed by atoms with van der Waals surface area (Å²) in [5.74, 6) is 0.913. The number of para-hydroxylation sites is 1. The van der Waals surface area contributed by atoms with Gasteiger partial charge >= 0.3 is 0 Å². The Labute approximate surface area is 88.5 Å². The van der Waals surface area contributed by atoms with Gasteiger partial charge in [-0.2, -0.15) is 0 Å². The maximum absolute atomic E-state index is 5.54. The number of benzene rings is 1. The van der Waals surface area contributed by atoms with E-state index in [1.165, 1.54) is 0 Å². The van der Waals surface area contributed by atoms with Crippen molar-refractivity contribution in [1.82, 2.24) is 15.0 Å². The van der Waals surface area contributed by atoms with Crippen molar-refractivity contribution >= 4 is 0 Å². The van der Waals surface area contributed by atoms with Crippen LogP contribution in [0.15, 0.2) is 42.7 Å². The molecule has 0 unspecified atom stereocenters. The lowest BCUT2D eigenvalue weighted by atomic mass is 10.3. The number of rotatable bonds is 5. The van der Waals surface area contributed by atoms with Gasteiger partial charge in [-0.15, -0.1) is 5.10 Å². The van der Waals surface area contributed by atoms with Gasteiger partial charge in [0.05, 0.1) is 12.8 Å². The Morgan fingerprint density at radius 2 is 2.07 bits per heavy atom. The van der Waals surface area contributed by atoms with E-state index in [1.807, 2.05) is 36.5 Å². The van der Waals surface area contributed by atoms with Crippen LogP contribution in [0.2, 0.25) is 0 Å². The maximum atomic E-state index is 5.54. The van der Waals surface area contributed by atoms with Crippen LogP contribution in [0.3, 0.4) is 0 Å². The molecule has 78 valence electrons. The fraction of sp³-hybridized carbons (Fsp3) is 0.273. The van der Waals surface area contributed by atoms with Crippen LogP contribution >= 0.6 is 0 Å². The molecular weight excluding hydrogens is 190 g/mol. The monoisotopic (exact) mass is 203 g/mol. The number of nitrogens with zero attached hydrogens (tertiary/aromatic N) is 3. The van der Waals surface area contributed by atoms with Crippen molar-refractivity contribution in [2.75, 3.05) is 6.61 Å². The summed E-state index contributed by atoms with van der Waals surface area (Å²) >= 11 is 0. The lowest BCUT2D eigenvalue weighted by Gasteiger charge is -2.05. The Bertz CT molecular complexity index is 372. The topological polar surface area (TPSA) is 39.9 Å². The number of hydrogen-bond donors (Lipinski definition) is 0. The molecule has 0 amide bonds. The standard InChI is InChI=1S/C11H13N3O/c1-2-5-11(6-3-1)15-10-4-8-14-9-7-12-13-14/h1-3,5-7,9H,4,8,10H2. The average Bonchev–Trinajstić information content (AvgIpc) is 2.79. The van der Waals surface area contributed by atoms with Crippen LogP contribution in [-0.4, -0.2) is 21.6 Å². The van der Waals surface area contributed by atoms with Crippen LogP contribution in [0.25, 0.3) is 0 Å². The van der Waals surface area contributed by atoms with Crippen LogP contribution in [0.5, 0.6) is 5.75 Å². The molecule has 1 aromatic heterocycles. The fourth-order valence-corrected chi connectivity index (χ4v) is 1.29. The maximum Gasteiger partial charge on any atom is 0.119 e. The minimum atomic E-state index is 0.698. The Morgan fingerprint density at radius 3 is 2.80 bits per heavy atom. The van der Waals surface area contributed by atoms with Crippen molar-refractivity contribution in [3.63, 3.8) is 0 Å². The Morgan fingerprint density at radius 1 is 1.20 bits per heavy atom. The minimum absolute atomic E-state index is 0.698. The average molecular weight is 203 g/mol. The molecule has 0 radical (unpaired) electrons. The summed E-state index contributed by atoms with van der Waals surface area (Å²) in [7, 11) is 0. The van der Waals surface area contributed by atoms with Gasteiger partial charge in [0.15, 0.2) is 0 Å². The summed E-state index contributed by atoms with van der Waals surface area (Å²) in [6, 6.07) is 9.81. The molecule has 15 heavy (non-hydrogen) atoms. The van der Waals surface area contributed by atoms with Gasteiger partial charge in [0, 0.05) is 19.2 Å². The predicted molar refractivity (Wildman–Crippen MR) is 56.6 cm³/mol. The van der Waals surface area contributed by atoms with Crippen molar-refractivity contribution in [1.29, 1.82) is 0 Å². The van der Waals surface area contributed by atoms with Gasteiger partial charge in [0.1, 0.15) is 5.75 Å². The smallest absolute Gasteiger partial charge is 0.119 e. The predicted octanol–water partition coefficient (Wildman–Crippen LogP) is 1.75. The largest absolute Gasteiger partial charge is 0.494 e. The molecule has 0 saturated heterocycles. The molecule has 0 N–H and O–H groups in total. The summed E-state index contributed by atoms with van der Waals surface area (Å²) in [5.41, 5.74) is 0. The molecular formula is C11H13N3O. The van der Waals surface area contributed by atoms with Gasteiger partial charge in [0.25, 0.3) is 0 Å². The molecule has 1 aromatic carbocycles. The van der Waals surface area contributed by atoms with Crippen LogP contribution in [0, 0.1) is 0 Å². The molecule has 0 aliphatic rings. The molecule has 0 saturated carbocycles. The zero-order chi connectivity index (χ0) is 10.3. The van der Waals surface area contributed by atoms with Crippen LogP contribution in [0.1, 0.15) is 6.42 Å². The first kappa shape index (κ1) is 9.71. The second kappa shape index (κ2) is 5.14. The number of ether oxygens (including phenoxy) is 1. The summed E-state index contributed by atoms with van der Waals surface area (Å²) < 4.78 is 7.34. The molecule has 1 heterocycles. The Balaban J connectivity index is 1.68. The van der Waals surface area contributed by atoms with E-state index in [2.05, 4.69) is 10.3 Å². The van der Waals surface area contributed by atoms with E-state index < -0.39 is 0 Å². The van der Waals surface area contributed by atoms with E-state index in [0.717, 1.165) is 18.7 Å². The van der Waals surface area contributed by atoms with Crippen molar-refractivity contribution in [2.45, 2.75) is 13.0 Å². The van der Waals surface area contributed by atoms with E-state index in [0.29, 0.717) is 6.61 Å². The summed E-state index contributed by atoms with van der Waals surface area (Å²) in [5, 5.41) is 7.60. The highest BCUT2D eigenvalue weighted by Crippen LogP contribution is 2.08. The first-order valence-corrected chi connectivity index (χ1v) is 4.97. The highest BCUT2D eigenvalue weighted by molar-refractivity contribution is 5.20. The third-order valence-corrected chi connectivity index (χ3v) is 2.02. The van der Waals surface area contributed by atoms with Gasteiger partial charge < -0.3 is 4.74 Å². The van der Waals surface area contributed by atoms with E-state index in [9.17, 15) is 0 Å². The number of aryl methyl sites for hydroxylation is 1. The third kappa shape index (κ3) is 3.09. The van der Waals surface area contributed by atoms with Crippen molar-refractivity contribution in [3.8, 4) is 5.75 Å². The quantitative estimate of drug-likeness (QED) is 0.695. The van der Waals surface area contributed by atoms with Gasteiger partial charge in [-0.05, 0) is 12.1 Å². The van der Waals surface area contributed by atoms with Crippen molar-refractivity contribution in [2.24, 2.45) is 0 Å².